The average Bonchev–Trinajstić information content (AvgIpc) is 2.59. The molecule has 0 aromatic carbocycles. The summed E-state index contributed by atoms with van der Waals surface area (Å²) in [5.41, 5.74) is 0.529. The molecule has 2 aliphatic rings. The SMILES string of the molecule is C=C1C[C@]2(COC(C)(C)C)O[C@@H](C)C1[C@H]2OC(C)(C)C. The number of rotatable bonds is 3. The maximum absolute atomic E-state index is 6.33. The Kier molecular flexibility index (Phi) is 3.86. The number of hydrogen-bond acceptors (Lipinski definition) is 3. The van der Waals surface area contributed by atoms with Crippen LogP contribution in [0.1, 0.15) is 54.9 Å². The second-order valence-electron chi connectivity index (χ2n) is 8.30. The molecule has 0 aromatic heterocycles. The second kappa shape index (κ2) is 4.82. The Hall–Kier alpha value is -0.380. The minimum absolute atomic E-state index is 0.0485. The highest BCUT2D eigenvalue weighted by atomic mass is 16.6. The zero-order valence-electron chi connectivity index (χ0n) is 14.1. The van der Waals surface area contributed by atoms with E-state index in [1.54, 1.807) is 0 Å². The Morgan fingerprint density at radius 2 is 1.80 bits per heavy atom. The van der Waals surface area contributed by atoms with E-state index in [2.05, 4.69) is 55.0 Å². The molecule has 0 aromatic rings. The van der Waals surface area contributed by atoms with Gasteiger partial charge < -0.3 is 14.2 Å². The largest absolute Gasteiger partial charge is 0.373 e. The predicted octanol–water partition coefficient (Wildman–Crippen LogP) is 3.72. The lowest BCUT2D eigenvalue weighted by molar-refractivity contribution is -0.177. The summed E-state index contributed by atoms with van der Waals surface area (Å²) in [5, 5.41) is 0. The Balaban J connectivity index is 2.21. The van der Waals surface area contributed by atoms with E-state index in [0.29, 0.717) is 6.61 Å². The van der Waals surface area contributed by atoms with Crippen LogP contribution in [-0.4, -0.2) is 35.6 Å². The van der Waals surface area contributed by atoms with Crippen LogP contribution >= 0.6 is 0 Å². The molecule has 2 fully saturated rings. The standard InChI is InChI=1S/C17H30O3/c1-11-9-17(10-18-15(3,4)5)14(20-16(6,7)8)13(11)12(2)19-17/h12-14H,1,9-10H2,2-8H3/t12-,13?,14+,17+/m0/s1. The highest BCUT2D eigenvalue weighted by Crippen LogP contribution is 2.53. The van der Waals surface area contributed by atoms with Gasteiger partial charge in [0.1, 0.15) is 5.60 Å². The maximum atomic E-state index is 6.33. The zero-order chi connectivity index (χ0) is 15.3. The third-order valence-electron chi connectivity index (χ3n) is 4.00. The molecule has 1 aliphatic heterocycles. The van der Waals surface area contributed by atoms with Crippen molar-refractivity contribution in [3.8, 4) is 0 Å². The fourth-order valence-corrected chi connectivity index (χ4v) is 3.34. The first-order chi connectivity index (χ1) is 8.94. The highest BCUT2D eigenvalue weighted by Gasteiger charge is 2.62. The van der Waals surface area contributed by atoms with Gasteiger partial charge in [0.25, 0.3) is 0 Å². The molecule has 1 saturated carbocycles. The van der Waals surface area contributed by atoms with Gasteiger partial charge >= 0.3 is 0 Å². The van der Waals surface area contributed by atoms with Crippen molar-refractivity contribution in [3.05, 3.63) is 12.2 Å². The molecule has 4 atom stereocenters. The zero-order valence-corrected chi connectivity index (χ0v) is 14.1. The molecule has 2 bridgehead atoms. The first-order valence-corrected chi connectivity index (χ1v) is 7.61. The van der Waals surface area contributed by atoms with Gasteiger partial charge in [-0.1, -0.05) is 12.2 Å². The number of ether oxygens (including phenoxy) is 3. The van der Waals surface area contributed by atoms with Crippen molar-refractivity contribution in [2.75, 3.05) is 6.61 Å². The third kappa shape index (κ3) is 3.10. The summed E-state index contributed by atoms with van der Waals surface area (Å²) in [4.78, 5) is 0. The Labute approximate surface area is 123 Å². The van der Waals surface area contributed by atoms with Gasteiger partial charge in [-0.25, -0.2) is 0 Å². The summed E-state index contributed by atoms with van der Waals surface area (Å²) in [7, 11) is 0. The minimum Gasteiger partial charge on any atom is -0.373 e. The van der Waals surface area contributed by atoms with E-state index in [1.807, 2.05) is 0 Å². The van der Waals surface area contributed by atoms with Crippen LogP contribution in [0.15, 0.2) is 12.2 Å². The maximum Gasteiger partial charge on any atom is 0.122 e. The Morgan fingerprint density at radius 3 is 2.25 bits per heavy atom. The van der Waals surface area contributed by atoms with Crippen molar-refractivity contribution >= 4 is 0 Å². The Bertz CT molecular complexity index is 388. The molecule has 3 heteroatoms. The third-order valence-corrected chi connectivity index (χ3v) is 4.00. The second-order valence-corrected chi connectivity index (χ2v) is 8.30. The van der Waals surface area contributed by atoms with Gasteiger partial charge in [0.05, 0.1) is 30.0 Å². The first kappa shape index (κ1) is 16.0. The molecular weight excluding hydrogens is 252 g/mol. The summed E-state index contributed by atoms with van der Waals surface area (Å²) in [6.45, 7) is 19.4. The summed E-state index contributed by atoms with van der Waals surface area (Å²) in [5.74, 6) is 0.290. The molecule has 1 unspecified atom stereocenters. The number of hydrogen-bond donors (Lipinski definition) is 0. The van der Waals surface area contributed by atoms with Crippen molar-refractivity contribution in [3.63, 3.8) is 0 Å². The van der Waals surface area contributed by atoms with Crippen LogP contribution in [0, 0.1) is 5.92 Å². The van der Waals surface area contributed by atoms with Crippen molar-refractivity contribution < 1.29 is 14.2 Å². The summed E-state index contributed by atoms with van der Waals surface area (Å²) >= 11 is 0. The minimum atomic E-state index is -0.359. The summed E-state index contributed by atoms with van der Waals surface area (Å²) in [6, 6.07) is 0. The van der Waals surface area contributed by atoms with Crippen LogP contribution in [0.4, 0.5) is 0 Å². The van der Waals surface area contributed by atoms with E-state index in [1.165, 1.54) is 5.57 Å². The molecule has 0 spiro atoms. The van der Waals surface area contributed by atoms with Crippen LogP contribution in [0.5, 0.6) is 0 Å². The molecule has 0 N–H and O–H groups in total. The predicted molar refractivity (Wildman–Crippen MR) is 80.9 cm³/mol. The van der Waals surface area contributed by atoms with Gasteiger partial charge in [-0.15, -0.1) is 0 Å². The van der Waals surface area contributed by atoms with Gasteiger partial charge in [0.15, 0.2) is 0 Å². The van der Waals surface area contributed by atoms with Crippen LogP contribution < -0.4 is 0 Å². The normalized spacial score (nSPS) is 37.8. The average molecular weight is 282 g/mol. The van der Waals surface area contributed by atoms with E-state index >= 15 is 0 Å². The topological polar surface area (TPSA) is 27.7 Å². The molecule has 0 radical (unpaired) electrons. The quantitative estimate of drug-likeness (QED) is 0.738. The van der Waals surface area contributed by atoms with Crippen molar-refractivity contribution in [2.24, 2.45) is 5.92 Å². The van der Waals surface area contributed by atoms with Gasteiger partial charge in [-0.3, -0.25) is 0 Å². The lowest BCUT2D eigenvalue weighted by atomic mass is 9.96. The molecule has 116 valence electrons. The van der Waals surface area contributed by atoms with E-state index < -0.39 is 0 Å². The van der Waals surface area contributed by atoms with Gasteiger partial charge in [0, 0.05) is 12.3 Å². The van der Waals surface area contributed by atoms with E-state index in [-0.39, 0.29) is 34.9 Å². The van der Waals surface area contributed by atoms with Crippen molar-refractivity contribution in [1.29, 1.82) is 0 Å². The molecule has 1 saturated heterocycles. The smallest absolute Gasteiger partial charge is 0.122 e. The van der Waals surface area contributed by atoms with Crippen LogP contribution in [0.25, 0.3) is 0 Å². The lowest BCUT2D eigenvalue weighted by Gasteiger charge is -2.36. The first-order valence-electron chi connectivity index (χ1n) is 7.61. The van der Waals surface area contributed by atoms with Crippen LogP contribution in [0.3, 0.4) is 0 Å². The fourth-order valence-electron chi connectivity index (χ4n) is 3.34. The Morgan fingerprint density at radius 1 is 1.20 bits per heavy atom. The monoisotopic (exact) mass is 282 g/mol. The molecule has 0 amide bonds. The molecule has 1 aliphatic carbocycles. The van der Waals surface area contributed by atoms with Crippen molar-refractivity contribution in [2.45, 2.75) is 83.9 Å². The lowest BCUT2D eigenvalue weighted by Crippen LogP contribution is -2.47. The highest BCUT2D eigenvalue weighted by molar-refractivity contribution is 5.26. The van der Waals surface area contributed by atoms with Crippen molar-refractivity contribution in [1.82, 2.24) is 0 Å². The van der Waals surface area contributed by atoms with Gasteiger partial charge in [-0.2, -0.15) is 0 Å². The van der Waals surface area contributed by atoms with E-state index in [4.69, 9.17) is 14.2 Å². The van der Waals surface area contributed by atoms with E-state index in [9.17, 15) is 0 Å². The number of fused-ring (bicyclic) bond motifs is 2. The van der Waals surface area contributed by atoms with Crippen LogP contribution in [0.2, 0.25) is 0 Å². The molecular formula is C17H30O3. The fraction of sp³-hybridized carbons (Fsp3) is 0.882. The molecule has 1 heterocycles. The summed E-state index contributed by atoms with van der Waals surface area (Å²) < 4.78 is 18.6. The van der Waals surface area contributed by atoms with Crippen LogP contribution in [-0.2, 0) is 14.2 Å². The summed E-state index contributed by atoms with van der Waals surface area (Å²) in [6.07, 6.45) is 1.05. The molecule has 2 rings (SSSR count). The van der Waals surface area contributed by atoms with E-state index in [0.717, 1.165) is 6.42 Å². The van der Waals surface area contributed by atoms with Gasteiger partial charge in [0.2, 0.25) is 0 Å². The molecule has 20 heavy (non-hydrogen) atoms. The molecule has 3 nitrogen and oxygen atoms in total. The van der Waals surface area contributed by atoms with Gasteiger partial charge in [-0.05, 0) is 48.5 Å².